The van der Waals surface area contributed by atoms with Crippen LogP contribution >= 0.6 is 22.9 Å². The highest BCUT2D eigenvalue weighted by molar-refractivity contribution is 7.15. The fraction of sp³-hybridized carbons (Fsp3) is 0. The standard InChI is InChI=1S/C23H14ClN3O2S/c24-18-9-5-4-8-17(18)19-12-11-16(29-19)14-20-22(28)27-23(30-20)25-21(26-27)13-10-15-6-2-1-3-7-15/h1-14H/b13-10+,20-14-. The quantitative estimate of drug-likeness (QED) is 0.410. The minimum atomic E-state index is -0.224. The Labute approximate surface area is 180 Å². The van der Waals surface area contributed by atoms with Gasteiger partial charge < -0.3 is 4.42 Å². The number of fused-ring (bicyclic) bond motifs is 1. The zero-order valence-electron chi connectivity index (χ0n) is 15.5. The molecule has 7 heteroatoms. The van der Waals surface area contributed by atoms with Gasteiger partial charge >= 0.3 is 0 Å². The van der Waals surface area contributed by atoms with E-state index in [2.05, 4.69) is 10.1 Å². The molecule has 0 fully saturated rings. The third-order valence-electron chi connectivity index (χ3n) is 4.46. The Morgan fingerprint density at radius 1 is 0.967 bits per heavy atom. The summed E-state index contributed by atoms with van der Waals surface area (Å²) in [6.45, 7) is 0. The number of aromatic nitrogens is 3. The van der Waals surface area contributed by atoms with Crippen molar-refractivity contribution in [2.45, 2.75) is 0 Å². The molecule has 0 bridgehead atoms. The summed E-state index contributed by atoms with van der Waals surface area (Å²) in [4.78, 5) is 17.7. The molecule has 3 aromatic heterocycles. The minimum absolute atomic E-state index is 0.224. The molecule has 2 aromatic carbocycles. The number of hydrogen-bond donors (Lipinski definition) is 0. The van der Waals surface area contributed by atoms with E-state index in [9.17, 15) is 4.79 Å². The molecule has 3 heterocycles. The van der Waals surface area contributed by atoms with Crippen molar-refractivity contribution in [3.05, 3.63) is 104 Å². The van der Waals surface area contributed by atoms with Gasteiger partial charge in [-0.25, -0.2) is 0 Å². The third kappa shape index (κ3) is 3.58. The first-order chi connectivity index (χ1) is 14.7. The lowest BCUT2D eigenvalue weighted by Crippen LogP contribution is -2.23. The molecule has 0 aliphatic rings. The first-order valence-corrected chi connectivity index (χ1v) is 10.4. The summed E-state index contributed by atoms with van der Waals surface area (Å²) >= 11 is 7.50. The van der Waals surface area contributed by atoms with Crippen molar-refractivity contribution in [1.29, 1.82) is 0 Å². The maximum absolute atomic E-state index is 12.7. The van der Waals surface area contributed by atoms with Gasteiger partial charge in [-0.15, -0.1) is 5.10 Å². The summed E-state index contributed by atoms with van der Waals surface area (Å²) in [6, 6.07) is 21.0. The second-order valence-corrected chi connectivity index (χ2v) is 7.92. The Bertz CT molecular complexity index is 1480. The highest BCUT2D eigenvalue weighted by Crippen LogP contribution is 2.29. The van der Waals surface area contributed by atoms with Crippen molar-refractivity contribution < 1.29 is 4.42 Å². The van der Waals surface area contributed by atoms with E-state index in [0.717, 1.165) is 11.1 Å². The van der Waals surface area contributed by atoms with Gasteiger partial charge in [0.25, 0.3) is 5.56 Å². The second-order valence-electron chi connectivity index (χ2n) is 6.51. The summed E-state index contributed by atoms with van der Waals surface area (Å²) in [5, 5.41) is 4.91. The summed E-state index contributed by atoms with van der Waals surface area (Å²) in [7, 11) is 0. The number of hydrogen-bond acceptors (Lipinski definition) is 5. The van der Waals surface area contributed by atoms with E-state index >= 15 is 0 Å². The van der Waals surface area contributed by atoms with Crippen LogP contribution in [0.5, 0.6) is 0 Å². The zero-order chi connectivity index (χ0) is 20.5. The van der Waals surface area contributed by atoms with Crippen molar-refractivity contribution >= 4 is 46.1 Å². The van der Waals surface area contributed by atoms with E-state index < -0.39 is 0 Å². The fourth-order valence-corrected chi connectivity index (χ4v) is 4.14. The smallest absolute Gasteiger partial charge is 0.291 e. The lowest BCUT2D eigenvalue weighted by molar-refractivity contribution is 0.571. The molecule has 0 atom stereocenters. The molecule has 5 rings (SSSR count). The minimum Gasteiger partial charge on any atom is -0.457 e. The molecule has 0 spiro atoms. The van der Waals surface area contributed by atoms with Gasteiger partial charge in [0, 0.05) is 11.6 Å². The molecule has 0 saturated carbocycles. The molecule has 5 aromatic rings. The first-order valence-electron chi connectivity index (χ1n) is 9.16. The van der Waals surface area contributed by atoms with E-state index in [1.807, 2.05) is 72.8 Å². The molecule has 0 aliphatic carbocycles. The van der Waals surface area contributed by atoms with E-state index in [1.165, 1.54) is 15.9 Å². The van der Waals surface area contributed by atoms with Gasteiger partial charge in [0.15, 0.2) is 5.82 Å². The average molecular weight is 432 g/mol. The summed E-state index contributed by atoms with van der Waals surface area (Å²) in [6.07, 6.45) is 5.40. The zero-order valence-corrected chi connectivity index (χ0v) is 17.1. The first kappa shape index (κ1) is 18.5. The Morgan fingerprint density at radius 3 is 2.57 bits per heavy atom. The van der Waals surface area contributed by atoms with Gasteiger partial charge in [0.2, 0.25) is 4.96 Å². The maximum atomic E-state index is 12.7. The molecule has 30 heavy (non-hydrogen) atoms. The SMILES string of the molecule is O=c1/c(=C/c2ccc(-c3ccccc3Cl)o2)sc2nc(/C=C/c3ccccc3)nn12. The van der Waals surface area contributed by atoms with E-state index in [0.29, 0.717) is 31.9 Å². The van der Waals surface area contributed by atoms with Gasteiger partial charge in [-0.1, -0.05) is 71.5 Å². The molecule has 0 aliphatic heterocycles. The van der Waals surface area contributed by atoms with Gasteiger partial charge in [0.05, 0.1) is 5.02 Å². The lowest BCUT2D eigenvalue weighted by atomic mass is 10.2. The van der Waals surface area contributed by atoms with E-state index in [-0.39, 0.29) is 5.56 Å². The van der Waals surface area contributed by atoms with E-state index in [4.69, 9.17) is 16.0 Å². The average Bonchev–Trinajstić information content (AvgIpc) is 3.45. The molecular formula is C23H14ClN3O2S. The van der Waals surface area contributed by atoms with Crippen LogP contribution in [-0.4, -0.2) is 14.6 Å². The number of halogens is 1. The number of rotatable bonds is 4. The van der Waals surface area contributed by atoms with Crippen molar-refractivity contribution in [2.24, 2.45) is 0 Å². The molecule has 146 valence electrons. The van der Waals surface area contributed by atoms with Crippen LogP contribution in [0, 0.1) is 0 Å². The van der Waals surface area contributed by atoms with Crippen LogP contribution in [-0.2, 0) is 0 Å². The largest absolute Gasteiger partial charge is 0.457 e. The molecular weight excluding hydrogens is 418 g/mol. The van der Waals surface area contributed by atoms with E-state index in [1.54, 1.807) is 12.2 Å². The van der Waals surface area contributed by atoms with Crippen LogP contribution in [0.25, 0.3) is 34.5 Å². The summed E-state index contributed by atoms with van der Waals surface area (Å²) in [5.74, 6) is 1.70. The number of benzene rings is 2. The highest BCUT2D eigenvalue weighted by atomic mass is 35.5. The Hall–Kier alpha value is -3.48. The van der Waals surface area contributed by atoms with Crippen molar-refractivity contribution in [1.82, 2.24) is 14.6 Å². The predicted octanol–water partition coefficient (Wildman–Crippen LogP) is 4.78. The van der Waals surface area contributed by atoms with Crippen molar-refractivity contribution in [3.63, 3.8) is 0 Å². The van der Waals surface area contributed by atoms with Gasteiger partial charge in [-0.3, -0.25) is 4.79 Å². The van der Waals surface area contributed by atoms with Crippen molar-refractivity contribution in [3.8, 4) is 11.3 Å². The van der Waals surface area contributed by atoms with Gasteiger partial charge in [-0.2, -0.15) is 9.50 Å². The number of furan rings is 1. The number of nitrogens with zero attached hydrogens (tertiary/aromatic N) is 3. The lowest BCUT2D eigenvalue weighted by Gasteiger charge is -1.98. The predicted molar refractivity (Wildman–Crippen MR) is 120 cm³/mol. The number of thiazole rings is 1. The van der Waals surface area contributed by atoms with Crippen LogP contribution in [0.1, 0.15) is 17.1 Å². The Balaban J connectivity index is 1.46. The molecule has 0 radical (unpaired) electrons. The Kier molecular flexibility index (Phi) is 4.78. The highest BCUT2D eigenvalue weighted by Gasteiger charge is 2.11. The van der Waals surface area contributed by atoms with Gasteiger partial charge in [0.1, 0.15) is 16.1 Å². The summed E-state index contributed by atoms with van der Waals surface area (Å²) < 4.78 is 7.68. The monoisotopic (exact) mass is 431 g/mol. The summed E-state index contributed by atoms with van der Waals surface area (Å²) in [5.41, 5.74) is 1.62. The normalized spacial score (nSPS) is 12.4. The molecule has 0 unspecified atom stereocenters. The fourth-order valence-electron chi connectivity index (χ4n) is 3.02. The molecule has 0 amide bonds. The van der Waals surface area contributed by atoms with Crippen molar-refractivity contribution in [2.75, 3.05) is 0 Å². The molecule has 0 N–H and O–H groups in total. The second kappa shape index (κ2) is 7.74. The molecule has 0 saturated heterocycles. The Morgan fingerprint density at radius 2 is 1.77 bits per heavy atom. The topological polar surface area (TPSA) is 60.4 Å². The third-order valence-corrected chi connectivity index (χ3v) is 5.75. The van der Waals surface area contributed by atoms with Crippen LogP contribution < -0.4 is 10.1 Å². The van der Waals surface area contributed by atoms with Crippen LogP contribution in [0.2, 0.25) is 5.02 Å². The van der Waals surface area contributed by atoms with Gasteiger partial charge in [-0.05, 0) is 35.9 Å². The van der Waals surface area contributed by atoms with Crippen LogP contribution in [0.3, 0.4) is 0 Å². The maximum Gasteiger partial charge on any atom is 0.291 e. The van der Waals surface area contributed by atoms with Crippen LogP contribution in [0.15, 0.2) is 75.9 Å². The van der Waals surface area contributed by atoms with Crippen LogP contribution in [0.4, 0.5) is 0 Å². The molecule has 5 nitrogen and oxygen atoms in total.